The second-order valence-corrected chi connectivity index (χ2v) is 9.21. The van der Waals surface area contributed by atoms with Crippen molar-refractivity contribution in [2.45, 2.75) is 43.9 Å². The highest BCUT2D eigenvalue weighted by atomic mass is 32.2. The molecule has 0 fully saturated rings. The van der Waals surface area contributed by atoms with Crippen LogP contribution < -0.4 is 10.2 Å². The van der Waals surface area contributed by atoms with E-state index in [1.54, 1.807) is 11.9 Å². The summed E-state index contributed by atoms with van der Waals surface area (Å²) in [5.41, 5.74) is 4.99. The van der Waals surface area contributed by atoms with Crippen LogP contribution in [-0.2, 0) is 4.79 Å². The van der Waals surface area contributed by atoms with Crippen molar-refractivity contribution in [2.75, 3.05) is 18.5 Å². The molecule has 31 heavy (non-hydrogen) atoms. The lowest BCUT2D eigenvalue weighted by Gasteiger charge is -2.27. The SMILES string of the molecule is Cc1ccccc1C=C1Sc2ccc(C(=O)NCCC3=CCCCC3)cc2N(C)C1=O. The molecule has 2 aromatic rings. The van der Waals surface area contributed by atoms with Gasteiger partial charge >= 0.3 is 0 Å². The monoisotopic (exact) mass is 432 g/mol. The molecule has 0 spiro atoms. The predicted octanol–water partition coefficient (Wildman–Crippen LogP) is 5.72. The number of carbonyl (C=O) groups excluding carboxylic acids is 2. The topological polar surface area (TPSA) is 49.4 Å². The van der Waals surface area contributed by atoms with E-state index in [9.17, 15) is 9.59 Å². The van der Waals surface area contributed by atoms with E-state index in [4.69, 9.17) is 0 Å². The molecule has 0 radical (unpaired) electrons. The minimum atomic E-state index is -0.0914. The van der Waals surface area contributed by atoms with Crippen LogP contribution in [0.1, 0.15) is 53.6 Å². The molecule has 0 saturated heterocycles. The first kappa shape index (κ1) is 21.4. The van der Waals surface area contributed by atoms with Crippen LogP contribution in [0.5, 0.6) is 0 Å². The standard InChI is InChI=1S/C26H28N2O2S/c1-18-8-6-7-11-20(18)17-24-26(30)28(2)22-16-21(12-13-23(22)31-24)25(29)27-15-14-19-9-4-3-5-10-19/h6-9,11-13,16-17H,3-5,10,14-15H2,1-2H3,(H,27,29). The molecule has 2 amide bonds. The number of thioether (sulfide) groups is 1. The smallest absolute Gasteiger partial charge is 0.264 e. The van der Waals surface area contributed by atoms with Crippen LogP contribution in [0.2, 0.25) is 0 Å². The Bertz CT molecular complexity index is 1070. The van der Waals surface area contributed by atoms with E-state index in [2.05, 4.69) is 11.4 Å². The molecule has 1 heterocycles. The van der Waals surface area contributed by atoms with Gasteiger partial charge in [0.2, 0.25) is 0 Å². The summed E-state index contributed by atoms with van der Waals surface area (Å²) in [5.74, 6) is -0.145. The third-order valence-electron chi connectivity index (χ3n) is 5.91. The fourth-order valence-electron chi connectivity index (χ4n) is 4.00. The molecular weight excluding hydrogens is 404 g/mol. The summed E-state index contributed by atoms with van der Waals surface area (Å²) >= 11 is 1.46. The van der Waals surface area contributed by atoms with Gasteiger partial charge in [0.1, 0.15) is 0 Å². The van der Waals surface area contributed by atoms with Gasteiger partial charge < -0.3 is 10.2 Å². The largest absolute Gasteiger partial charge is 0.352 e. The number of hydrogen-bond acceptors (Lipinski definition) is 3. The van der Waals surface area contributed by atoms with Crippen molar-refractivity contribution in [2.24, 2.45) is 0 Å². The number of likely N-dealkylation sites (N-methyl/N-ethyl adjacent to an activating group) is 1. The molecule has 2 aromatic carbocycles. The third-order valence-corrected chi connectivity index (χ3v) is 6.99. The summed E-state index contributed by atoms with van der Waals surface area (Å²) in [7, 11) is 1.77. The van der Waals surface area contributed by atoms with Crippen molar-refractivity contribution in [3.05, 3.63) is 75.7 Å². The maximum Gasteiger partial charge on any atom is 0.264 e. The van der Waals surface area contributed by atoms with Crippen LogP contribution in [0.25, 0.3) is 6.08 Å². The number of nitrogens with zero attached hydrogens (tertiary/aromatic N) is 1. The molecule has 160 valence electrons. The maximum atomic E-state index is 13.0. The van der Waals surface area contributed by atoms with Gasteiger partial charge in [0, 0.05) is 24.1 Å². The molecule has 0 saturated carbocycles. The number of anilines is 1. The number of carbonyl (C=O) groups is 2. The fraction of sp³-hybridized carbons (Fsp3) is 0.308. The van der Waals surface area contributed by atoms with Crippen LogP contribution in [0, 0.1) is 6.92 Å². The molecular formula is C26H28N2O2S. The first-order valence-electron chi connectivity index (χ1n) is 10.9. The fourth-order valence-corrected chi connectivity index (χ4v) is 5.08. The van der Waals surface area contributed by atoms with E-state index in [0.29, 0.717) is 17.0 Å². The molecule has 0 unspecified atom stereocenters. The number of hydrogen-bond donors (Lipinski definition) is 1. The molecule has 5 heteroatoms. The molecule has 4 rings (SSSR count). The second-order valence-electron chi connectivity index (χ2n) is 8.13. The first-order chi connectivity index (χ1) is 15.0. The number of rotatable bonds is 5. The summed E-state index contributed by atoms with van der Waals surface area (Å²) in [6.45, 7) is 2.69. The first-order valence-corrected chi connectivity index (χ1v) is 11.7. The molecule has 0 aromatic heterocycles. The number of nitrogens with one attached hydrogen (secondary N) is 1. The van der Waals surface area contributed by atoms with Gasteiger partial charge in [-0.2, -0.15) is 0 Å². The van der Waals surface area contributed by atoms with Crippen molar-refractivity contribution >= 4 is 35.3 Å². The minimum absolute atomic E-state index is 0.0532. The number of amides is 2. The molecule has 0 atom stereocenters. The summed E-state index contributed by atoms with van der Waals surface area (Å²) < 4.78 is 0. The lowest BCUT2D eigenvalue weighted by Crippen LogP contribution is -2.31. The van der Waals surface area contributed by atoms with Gasteiger partial charge in [-0.05, 0) is 74.4 Å². The zero-order chi connectivity index (χ0) is 21.8. The zero-order valence-corrected chi connectivity index (χ0v) is 18.9. The quantitative estimate of drug-likeness (QED) is 0.485. The van der Waals surface area contributed by atoms with Crippen molar-refractivity contribution < 1.29 is 9.59 Å². The van der Waals surface area contributed by atoms with Crippen LogP contribution in [0.15, 0.2) is 63.9 Å². The molecule has 1 N–H and O–H groups in total. The summed E-state index contributed by atoms with van der Waals surface area (Å²) in [6, 6.07) is 13.6. The second kappa shape index (κ2) is 9.56. The van der Waals surface area contributed by atoms with Gasteiger partial charge in [-0.15, -0.1) is 0 Å². The van der Waals surface area contributed by atoms with E-state index in [1.807, 2.05) is 55.5 Å². The van der Waals surface area contributed by atoms with Crippen LogP contribution >= 0.6 is 11.8 Å². The van der Waals surface area contributed by atoms with Crippen molar-refractivity contribution in [3.8, 4) is 0 Å². The highest BCUT2D eigenvalue weighted by Gasteiger charge is 2.27. The zero-order valence-electron chi connectivity index (χ0n) is 18.1. The molecule has 4 nitrogen and oxygen atoms in total. The van der Waals surface area contributed by atoms with Crippen molar-refractivity contribution in [3.63, 3.8) is 0 Å². The number of benzene rings is 2. The van der Waals surface area contributed by atoms with E-state index < -0.39 is 0 Å². The normalized spacial score (nSPS) is 17.4. The predicted molar refractivity (Wildman–Crippen MR) is 128 cm³/mol. The number of aryl methyl sites for hydroxylation is 1. The number of allylic oxidation sites excluding steroid dienone is 1. The maximum absolute atomic E-state index is 13.0. The Balaban J connectivity index is 1.47. The molecule has 1 aliphatic heterocycles. The summed E-state index contributed by atoms with van der Waals surface area (Å²) in [4.78, 5) is 28.9. The average Bonchev–Trinajstić information content (AvgIpc) is 2.79. The summed E-state index contributed by atoms with van der Waals surface area (Å²) in [5, 5.41) is 3.03. The van der Waals surface area contributed by atoms with Crippen LogP contribution in [-0.4, -0.2) is 25.4 Å². The Kier molecular flexibility index (Phi) is 6.62. The van der Waals surface area contributed by atoms with Crippen LogP contribution in [0.3, 0.4) is 0 Å². The highest BCUT2D eigenvalue weighted by molar-refractivity contribution is 8.04. The Hall–Kier alpha value is -2.79. The van der Waals surface area contributed by atoms with Gasteiger partial charge in [-0.25, -0.2) is 0 Å². The highest BCUT2D eigenvalue weighted by Crippen LogP contribution is 2.42. The van der Waals surface area contributed by atoms with Gasteiger partial charge in [0.25, 0.3) is 11.8 Å². The average molecular weight is 433 g/mol. The van der Waals surface area contributed by atoms with Crippen molar-refractivity contribution in [1.29, 1.82) is 0 Å². The van der Waals surface area contributed by atoms with E-state index in [-0.39, 0.29) is 11.8 Å². The third kappa shape index (κ3) is 4.93. The Labute approximate surface area is 188 Å². The van der Waals surface area contributed by atoms with E-state index >= 15 is 0 Å². The molecule has 2 aliphatic rings. The Morgan fingerprint density at radius 3 is 2.81 bits per heavy atom. The minimum Gasteiger partial charge on any atom is -0.352 e. The molecule has 1 aliphatic carbocycles. The lowest BCUT2D eigenvalue weighted by atomic mass is 9.97. The van der Waals surface area contributed by atoms with Gasteiger partial charge in [0.05, 0.1) is 10.6 Å². The van der Waals surface area contributed by atoms with Gasteiger partial charge in [0.15, 0.2) is 0 Å². The lowest BCUT2D eigenvalue weighted by molar-refractivity contribution is -0.114. The Morgan fingerprint density at radius 2 is 2.03 bits per heavy atom. The van der Waals surface area contributed by atoms with Gasteiger partial charge in [-0.1, -0.05) is 47.7 Å². The van der Waals surface area contributed by atoms with Crippen molar-refractivity contribution in [1.82, 2.24) is 5.32 Å². The van der Waals surface area contributed by atoms with E-state index in [0.717, 1.165) is 41.0 Å². The van der Waals surface area contributed by atoms with E-state index in [1.165, 1.54) is 30.2 Å². The summed E-state index contributed by atoms with van der Waals surface area (Å²) in [6.07, 6.45) is 10.0. The molecule has 0 bridgehead atoms. The Morgan fingerprint density at radius 1 is 1.19 bits per heavy atom. The number of fused-ring (bicyclic) bond motifs is 1. The van der Waals surface area contributed by atoms with Crippen LogP contribution in [0.4, 0.5) is 5.69 Å². The van der Waals surface area contributed by atoms with Gasteiger partial charge in [-0.3, -0.25) is 9.59 Å².